The van der Waals surface area contributed by atoms with Gasteiger partial charge < -0.3 is 51.4 Å². The predicted octanol–water partition coefficient (Wildman–Crippen LogP) is 1.50. The molecule has 0 amide bonds. The number of nitrogens with zero attached hydrogens (tertiary/aromatic N) is 3. The van der Waals surface area contributed by atoms with Gasteiger partial charge in [-0.05, 0) is 19.1 Å². The summed E-state index contributed by atoms with van der Waals surface area (Å²) in [4.78, 5) is 24.8. The second kappa shape index (κ2) is 30.1. The Kier molecular flexibility index (Phi) is 46.1. The molecule has 14 heteroatoms. The first kappa shape index (κ1) is 30.6. The average molecular weight is 344 g/mol. The molecule has 0 bridgehead atoms. The molecule has 0 aromatic carbocycles. The van der Waals surface area contributed by atoms with Crippen LogP contribution in [0.5, 0.6) is 0 Å². The summed E-state index contributed by atoms with van der Waals surface area (Å²) >= 11 is 0. The smallest absolute Gasteiger partial charge is 0.356 e. The Morgan fingerprint density at radius 1 is 0.850 bits per heavy atom. The minimum atomic E-state index is -1.75. The van der Waals surface area contributed by atoms with Gasteiger partial charge in [-0.1, -0.05) is 19.8 Å². The van der Waals surface area contributed by atoms with E-state index in [4.69, 9.17) is 51.4 Å². The number of hydrogen-bond acceptors (Lipinski definition) is 10. The Labute approximate surface area is 123 Å². The van der Waals surface area contributed by atoms with Gasteiger partial charge in [-0.15, -0.1) is 0 Å². The Balaban J connectivity index is -0.0000000512. The van der Waals surface area contributed by atoms with Crippen molar-refractivity contribution in [2.24, 2.45) is 0 Å². The van der Waals surface area contributed by atoms with Crippen molar-refractivity contribution in [3.05, 3.63) is 46.0 Å². The van der Waals surface area contributed by atoms with Crippen LogP contribution in [-0.4, -0.2) is 21.5 Å². The SMILES string of the molecule is CCCCCC=N.O=[N+]([O-])[O-].O=[N+]([O-])[O-].O=[N+]([O-])[O-].[Co+3]. The molecule has 0 aromatic heterocycles. The molecule has 13 nitrogen and oxygen atoms in total. The zero-order valence-electron chi connectivity index (χ0n) is 10.3. The fourth-order valence-electron chi connectivity index (χ4n) is 0.496. The van der Waals surface area contributed by atoms with Gasteiger partial charge in [-0.3, -0.25) is 0 Å². The standard InChI is InChI=1S/C6H13N.Co.3NO3/c1-2-3-4-5-6-7;;3*2-1(3)4/h6-7H,2-5H2,1H3;;;;/q;+3;3*-1. The van der Waals surface area contributed by atoms with E-state index in [1.165, 1.54) is 25.5 Å². The molecular weight excluding hydrogens is 331 g/mol. The molecule has 0 aliphatic heterocycles. The van der Waals surface area contributed by atoms with E-state index in [0.717, 1.165) is 6.42 Å². The van der Waals surface area contributed by atoms with Crippen molar-refractivity contribution in [1.82, 2.24) is 0 Å². The first-order chi connectivity index (χ1) is 8.61. The maximum absolute atomic E-state index is 8.25. The van der Waals surface area contributed by atoms with Crippen LogP contribution in [-0.2, 0) is 16.8 Å². The van der Waals surface area contributed by atoms with Crippen molar-refractivity contribution >= 4 is 6.21 Å². The summed E-state index contributed by atoms with van der Waals surface area (Å²) in [5.41, 5.74) is 0. The molecule has 120 valence electrons. The molecule has 0 heterocycles. The van der Waals surface area contributed by atoms with Gasteiger partial charge in [0.15, 0.2) is 0 Å². The molecule has 0 saturated heterocycles. The van der Waals surface area contributed by atoms with Gasteiger partial charge in [0.2, 0.25) is 0 Å². The molecule has 0 spiro atoms. The van der Waals surface area contributed by atoms with E-state index in [1.54, 1.807) is 0 Å². The van der Waals surface area contributed by atoms with Gasteiger partial charge in [0.25, 0.3) is 0 Å². The average Bonchev–Trinajstić information content (AvgIpc) is 2.15. The van der Waals surface area contributed by atoms with Gasteiger partial charge in [-0.25, -0.2) is 0 Å². The van der Waals surface area contributed by atoms with Crippen molar-refractivity contribution in [2.75, 3.05) is 0 Å². The molecule has 0 aliphatic carbocycles. The number of rotatable bonds is 4. The second-order valence-corrected chi connectivity index (χ2v) is 2.37. The van der Waals surface area contributed by atoms with E-state index < -0.39 is 15.3 Å². The van der Waals surface area contributed by atoms with E-state index in [1.807, 2.05) is 0 Å². The zero-order valence-corrected chi connectivity index (χ0v) is 11.3. The van der Waals surface area contributed by atoms with Crippen molar-refractivity contribution in [3.8, 4) is 0 Å². The number of hydrogen-bond donors (Lipinski definition) is 1. The largest absolute Gasteiger partial charge is 3.00 e. The van der Waals surface area contributed by atoms with Crippen molar-refractivity contribution in [1.29, 1.82) is 5.41 Å². The summed E-state index contributed by atoms with van der Waals surface area (Å²) in [5, 5.41) is 50.9. The first-order valence-electron chi connectivity index (χ1n) is 4.55. The third-order valence-corrected chi connectivity index (χ3v) is 0.952. The van der Waals surface area contributed by atoms with E-state index in [2.05, 4.69) is 6.92 Å². The van der Waals surface area contributed by atoms with Gasteiger partial charge >= 0.3 is 16.8 Å². The summed E-state index contributed by atoms with van der Waals surface area (Å²) in [6, 6.07) is 0. The van der Waals surface area contributed by atoms with E-state index in [9.17, 15) is 0 Å². The maximum Gasteiger partial charge on any atom is 3.00 e. The Morgan fingerprint density at radius 2 is 1.10 bits per heavy atom. The van der Waals surface area contributed by atoms with Crippen LogP contribution in [0.25, 0.3) is 0 Å². The van der Waals surface area contributed by atoms with Crippen LogP contribution >= 0.6 is 0 Å². The molecule has 0 aromatic rings. The van der Waals surface area contributed by atoms with Crippen molar-refractivity contribution in [3.63, 3.8) is 0 Å². The molecule has 0 atom stereocenters. The molecule has 1 N–H and O–H groups in total. The minimum absolute atomic E-state index is 0. The van der Waals surface area contributed by atoms with Crippen LogP contribution in [0.4, 0.5) is 0 Å². The normalized spacial score (nSPS) is 6.65. The molecule has 0 saturated carbocycles. The fourth-order valence-corrected chi connectivity index (χ4v) is 0.496. The molecule has 0 radical (unpaired) electrons. The monoisotopic (exact) mass is 344 g/mol. The van der Waals surface area contributed by atoms with Crippen molar-refractivity contribution in [2.45, 2.75) is 32.6 Å². The van der Waals surface area contributed by atoms with Crippen LogP contribution < -0.4 is 0 Å². The summed E-state index contributed by atoms with van der Waals surface area (Å²) in [6.07, 6.45) is 6.17. The molecule has 0 aliphatic rings. The molecule has 20 heavy (non-hydrogen) atoms. The molecular formula is C6H13CoN4O9. The summed E-state index contributed by atoms with van der Waals surface area (Å²) in [5.74, 6) is 0. The molecule has 0 fully saturated rings. The topological polar surface area (TPSA) is 222 Å². The quantitative estimate of drug-likeness (QED) is 0.337. The van der Waals surface area contributed by atoms with Crippen LogP contribution in [0.3, 0.4) is 0 Å². The Hall–Kier alpha value is -2.22. The van der Waals surface area contributed by atoms with Crippen LogP contribution in [0.1, 0.15) is 32.6 Å². The number of nitrogens with one attached hydrogen (secondary N) is 1. The minimum Gasteiger partial charge on any atom is -0.356 e. The van der Waals surface area contributed by atoms with Gasteiger partial charge in [0.05, 0.1) is 15.3 Å². The summed E-state index contributed by atoms with van der Waals surface area (Å²) in [6.45, 7) is 2.17. The molecule has 0 rings (SSSR count). The Morgan fingerprint density at radius 3 is 1.25 bits per heavy atom. The van der Waals surface area contributed by atoms with Gasteiger partial charge in [-0.2, -0.15) is 0 Å². The maximum atomic E-state index is 8.25. The van der Waals surface area contributed by atoms with E-state index in [-0.39, 0.29) is 16.8 Å². The van der Waals surface area contributed by atoms with Crippen molar-refractivity contribution < 1.29 is 32.0 Å². The zero-order chi connectivity index (χ0) is 16.3. The Bertz CT molecular complexity index is 212. The predicted molar refractivity (Wildman–Crippen MR) is 64.0 cm³/mol. The van der Waals surface area contributed by atoms with Crippen LogP contribution in [0.2, 0.25) is 0 Å². The van der Waals surface area contributed by atoms with E-state index >= 15 is 0 Å². The van der Waals surface area contributed by atoms with Gasteiger partial charge in [0, 0.05) is 0 Å². The third-order valence-electron chi connectivity index (χ3n) is 0.952. The first-order valence-corrected chi connectivity index (χ1v) is 4.55. The third kappa shape index (κ3) is 1090. The van der Waals surface area contributed by atoms with Crippen LogP contribution in [0.15, 0.2) is 0 Å². The van der Waals surface area contributed by atoms with E-state index in [0.29, 0.717) is 0 Å². The summed E-state index contributed by atoms with van der Waals surface area (Å²) in [7, 11) is 0. The number of unbranched alkanes of at least 4 members (excludes halogenated alkanes) is 3. The fraction of sp³-hybridized carbons (Fsp3) is 0.833. The second-order valence-electron chi connectivity index (χ2n) is 2.37. The molecule has 0 unspecified atom stereocenters. The summed E-state index contributed by atoms with van der Waals surface area (Å²) < 4.78 is 0. The van der Waals surface area contributed by atoms with Gasteiger partial charge in [0.1, 0.15) is 0 Å². The van der Waals surface area contributed by atoms with Crippen LogP contribution in [0, 0.1) is 51.4 Å².